The smallest absolute Gasteiger partial charge is 0.311 e. The molecule has 0 fully saturated rings. The number of esters is 1. The Labute approximate surface area is 230 Å². The Kier molecular flexibility index (Phi) is 13.0. The summed E-state index contributed by atoms with van der Waals surface area (Å²) in [4.78, 5) is 21.4. The van der Waals surface area contributed by atoms with Crippen LogP contribution in [0.5, 0.6) is 5.75 Å². The van der Waals surface area contributed by atoms with E-state index in [1.54, 1.807) is 0 Å². The second-order valence-corrected chi connectivity index (χ2v) is 10.6. The van der Waals surface area contributed by atoms with Gasteiger partial charge in [0.1, 0.15) is 5.75 Å². The first-order chi connectivity index (χ1) is 18.6. The predicted molar refractivity (Wildman–Crippen MR) is 158 cm³/mol. The molecule has 0 amide bonds. The van der Waals surface area contributed by atoms with E-state index < -0.39 is 0 Å². The molecule has 2 aromatic carbocycles. The van der Waals surface area contributed by atoms with Gasteiger partial charge < -0.3 is 4.74 Å². The van der Waals surface area contributed by atoms with E-state index in [-0.39, 0.29) is 5.97 Å². The Balaban J connectivity index is 1.43. The van der Waals surface area contributed by atoms with Crippen LogP contribution in [0.15, 0.2) is 60.9 Å². The molecule has 0 aliphatic carbocycles. The molecule has 0 spiro atoms. The maximum absolute atomic E-state index is 12.2. The third kappa shape index (κ3) is 10.4. The molecule has 3 rings (SSSR count). The van der Waals surface area contributed by atoms with Crippen LogP contribution in [0.4, 0.5) is 0 Å². The van der Waals surface area contributed by atoms with Crippen molar-refractivity contribution < 1.29 is 9.53 Å². The van der Waals surface area contributed by atoms with Crippen molar-refractivity contribution >= 4 is 5.97 Å². The van der Waals surface area contributed by atoms with E-state index in [1.165, 1.54) is 63.4 Å². The Bertz CT molecular complexity index is 1060. The molecule has 0 bridgehead atoms. The Morgan fingerprint density at radius 3 is 2.05 bits per heavy atom. The van der Waals surface area contributed by atoms with Gasteiger partial charge in [0.2, 0.25) is 0 Å². The summed E-state index contributed by atoms with van der Waals surface area (Å²) in [5.74, 6) is 1.92. The van der Waals surface area contributed by atoms with Crippen LogP contribution in [0.1, 0.15) is 103 Å². The van der Waals surface area contributed by atoms with Gasteiger partial charge in [0, 0.05) is 29.9 Å². The summed E-state index contributed by atoms with van der Waals surface area (Å²) in [6.45, 7) is 6.77. The number of carbonyl (C=O) groups excluding carboxylic acids is 1. The molecular formula is C34H46N2O2. The fraction of sp³-hybridized carbons (Fsp3) is 0.500. The highest BCUT2D eigenvalue weighted by molar-refractivity contribution is 5.73. The van der Waals surface area contributed by atoms with Crippen LogP contribution in [0.25, 0.3) is 22.5 Å². The van der Waals surface area contributed by atoms with Crippen LogP contribution in [-0.4, -0.2) is 15.9 Å². The first-order valence-electron chi connectivity index (χ1n) is 14.8. The molecule has 0 aliphatic heterocycles. The molecule has 4 heteroatoms. The fourth-order valence-corrected chi connectivity index (χ4v) is 4.60. The maximum Gasteiger partial charge on any atom is 0.311 e. The van der Waals surface area contributed by atoms with Crippen molar-refractivity contribution in [2.24, 2.45) is 5.92 Å². The van der Waals surface area contributed by atoms with Gasteiger partial charge in [0.05, 0.1) is 0 Å². The highest BCUT2D eigenvalue weighted by Crippen LogP contribution is 2.24. The second kappa shape index (κ2) is 16.8. The molecule has 4 nitrogen and oxygen atoms in total. The normalized spacial score (nSPS) is 11.9. The zero-order chi connectivity index (χ0) is 27.0. The molecule has 0 N–H and O–H groups in total. The topological polar surface area (TPSA) is 52.1 Å². The molecule has 0 saturated carbocycles. The number of aryl methyl sites for hydroxylation is 1. The summed E-state index contributed by atoms with van der Waals surface area (Å²) in [6.07, 6.45) is 18.9. The Hall–Kier alpha value is -3.01. The van der Waals surface area contributed by atoms with E-state index in [9.17, 15) is 4.79 Å². The molecule has 3 aromatic rings. The lowest BCUT2D eigenvalue weighted by molar-refractivity contribution is -0.134. The Morgan fingerprint density at radius 1 is 0.737 bits per heavy atom. The minimum atomic E-state index is -0.160. The summed E-state index contributed by atoms with van der Waals surface area (Å²) in [5.41, 5.74) is 4.34. The van der Waals surface area contributed by atoms with Crippen molar-refractivity contribution in [2.45, 2.75) is 104 Å². The lowest BCUT2D eigenvalue weighted by atomic mass is 10.0. The minimum absolute atomic E-state index is 0.160. The van der Waals surface area contributed by atoms with Crippen LogP contribution in [0.3, 0.4) is 0 Å². The molecule has 1 unspecified atom stereocenters. The van der Waals surface area contributed by atoms with Crippen molar-refractivity contribution in [3.63, 3.8) is 0 Å². The van der Waals surface area contributed by atoms with E-state index in [4.69, 9.17) is 4.74 Å². The molecule has 0 radical (unpaired) electrons. The first-order valence-corrected chi connectivity index (χ1v) is 14.8. The van der Waals surface area contributed by atoms with Gasteiger partial charge in [-0.25, -0.2) is 9.97 Å². The van der Waals surface area contributed by atoms with E-state index in [1.807, 2.05) is 36.7 Å². The average Bonchev–Trinajstić information content (AvgIpc) is 2.95. The lowest BCUT2D eigenvalue weighted by Gasteiger charge is -2.08. The van der Waals surface area contributed by atoms with Crippen molar-refractivity contribution in [3.8, 4) is 28.3 Å². The summed E-state index contributed by atoms with van der Waals surface area (Å²) >= 11 is 0. The molecule has 1 heterocycles. The Morgan fingerprint density at radius 2 is 1.37 bits per heavy atom. The van der Waals surface area contributed by atoms with Crippen LogP contribution in [0, 0.1) is 5.92 Å². The highest BCUT2D eigenvalue weighted by atomic mass is 16.5. The molecular weight excluding hydrogens is 468 g/mol. The first kappa shape index (κ1) is 29.5. The number of hydrogen-bond donors (Lipinski definition) is 0. The van der Waals surface area contributed by atoms with Gasteiger partial charge in [0.25, 0.3) is 0 Å². The highest BCUT2D eigenvalue weighted by Gasteiger charge is 2.08. The van der Waals surface area contributed by atoms with Crippen molar-refractivity contribution in [3.05, 3.63) is 66.5 Å². The lowest BCUT2D eigenvalue weighted by Crippen LogP contribution is -2.07. The quantitative estimate of drug-likeness (QED) is 0.102. The molecule has 0 aliphatic rings. The zero-order valence-corrected chi connectivity index (χ0v) is 23.8. The molecule has 1 aromatic heterocycles. The summed E-state index contributed by atoms with van der Waals surface area (Å²) in [7, 11) is 0. The second-order valence-electron chi connectivity index (χ2n) is 10.6. The number of hydrogen-bond acceptors (Lipinski definition) is 4. The van der Waals surface area contributed by atoms with E-state index >= 15 is 0 Å². The van der Waals surface area contributed by atoms with Gasteiger partial charge in [-0.15, -0.1) is 0 Å². The molecule has 204 valence electrons. The van der Waals surface area contributed by atoms with Gasteiger partial charge in [-0.05, 0) is 48.4 Å². The number of carbonyl (C=O) groups is 1. The van der Waals surface area contributed by atoms with Gasteiger partial charge in [-0.1, -0.05) is 115 Å². The maximum atomic E-state index is 12.2. The van der Waals surface area contributed by atoms with Crippen molar-refractivity contribution in [1.29, 1.82) is 0 Å². The SMILES string of the molecule is CCCCCCCCc1ccc(-c2ncc(-c3ccc(OC(=O)CCCCCC(C)CC)cc3)cn2)cc1. The summed E-state index contributed by atoms with van der Waals surface area (Å²) in [6, 6.07) is 16.2. The standard InChI is InChI=1S/C34H46N2O2/c1-4-6-7-8-9-12-15-28-17-19-30(20-18-28)34-35-25-31(26-36-34)29-21-23-32(24-22-29)38-33(37)16-13-10-11-14-27(3)5-2/h17-27H,4-16H2,1-3H3. The van der Waals surface area contributed by atoms with Gasteiger partial charge in [0.15, 0.2) is 5.82 Å². The fourth-order valence-electron chi connectivity index (χ4n) is 4.60. The van der Waals surface area contributed by atoms with Crippen LogP contribution in [-0.2, 0) is 11.2 Å². The summed E-state index contributed by atoms with van der Waals surface area (Å²) in [5, 5.41) is 0. The van der Waals surface area contributed by atoms with Crippen molar-refractivity contribution in [1.82, 2.24) is 9.97 Å². The van der Waals surface area contributed by atoms with E-state index in [2.05, 4.69) is 55.0 Å². The van der Waals surface area contributed by atoms with Gasteiger partial charge in [-0.3, -0.25) is 4.79 Å². The average molecular weight is 515 g/mol. The van der Waals surface area contributed by atoms with Gasteiger partial charge >= 0.3 is 5.97 Å². The molecule has 0 saturated heterocycles. The number of benzene rings is 2. The summed E-state index contributed by atoms with van der Waals surface area (Å²) < 4.78 is 5.52. The van der Waals surface area contributed by atoms with E-state index in [0.717, 1.165) is 47.7 Å². The third-order valence-corrected chi connectivity index (χ3v) is 7.38. The van der Waals surface area contributed by atoms with E-state index in [0.29, 0.717) is 12.2 Å². The van der Waals surface area contributed by atoms with Crippen LogP contribution in [0.2, 0.25) is 0 Å². The van der Waals surface area contributed by atoms with Crippen LogP contribution < -0.4 is 4.74 Å². The van der Waals surface area contributed by atoms with Gasteiger partial charge in [-0.2, -0.15) is 0 Å². The number of ether oxygens (including phenoxy) is 1. The predicted octanol–water partition coefficient (Wildman–Crippen LogP) is 9.62. The number of rotatable bonds is 17. The molecule has 1 atom stereocenters. The monoisotopic (exact) mass is 514 g/mol. The largest absolute Gasteiger partial charge is 0.427 e. The third-order valence-electron chi connectivity index (χ3n) is 7.38. The number of aromatic nitrogens is 2. The number of unbranched alkanes of at least 4 members (excludes halogenated alkanes) is 7. The van der Waals surface area contributed by atoms with Crippen LogP contribution >= 0.6 is 0 Å². The molecule has 38 heavy (non-hydrogen) atoms. The number of nitrogens with zero attached hydrogens (tertiary/aromatic N) is 2. The minimum Gasteiger partial charge on any atom is -0.427 e. The zero-order valence-electron chi connectivity index (χ0n) is 23.8. The van der Waals surface area contributed by atoms with Crippen molar-refractivity contribution in [2.75, 3.05) is 0 Å².